The van der Waals surface area contributed by atoms with E-state index in [2.05, 4.69) is 82.2 Å². The predicted octanol–water partition coefficient (Wildman–Crippen LogP) is 4.47. The van der Waals surface area contributed by atoms with Crippen LogP contribution in [0.25, 0.3) is 0 Å². The Hall–Kier alpha value is 0.180. The highest BCUT2D eigenvalue weighted by atomic mass is 79.9. The summed E-state index contributed by atoms with van der Waals surface area (Å²) in [6.45, 7) is 4.45. The molecule has 0 aromatic heterocycles. The van der Waals surface area contributed by atoms with Crippen molar-refractivity contribution in [3.05, 3.63) is 36.5 Å². The molecule has 0 saturated carbocycles. The van der Waals surface area contributed by atoms with Crippen LogP contribution in [0, 0.1) is 10.8 Å². The Morgan fingerprint density at radius 3 is 1.43 bits per heavy atom. The third-order valence-electron chi connectivity index (χ3n) is 2.49. The number of allylic oxidation sites excluding steroid dienone is 6. The molecule has 0 spiro atoms. The highest BCUT2D eigenvalue weighted by Crippen LogP contribution is 2.31. The van der Waals surface area contributed by atoms with Crippen LogP contribution in [0.1, 0.15) is 13.8 Å². The molecule has 0 heterocycles. The third kappa shape index (κ3) is 3.09. The molecule has 0 bridgehead atoms. The Morgan fingerprint density at radius 1 is 0.786 bits per heavy atom. The number of hydrogen-bond donors (Lipinski definition) is 0. The SMILES string of the molecule is CC1(CBr)/C=C\C=C/C(C)(CBr)/C=C\1. The standard InChI is InChI=1S/C12H16Br2/c1-11(9-13)5-3-4-6-12(2,10-14)8-7-11/h3-8H,9-10H2,1-2H3/b5-3-,6-4-,8-7-. The highest BCUT2D eigenvalue weighted by molar-refractivity contribution is 9.09. The van der Waals surface area contributed by atoms with Gasteiger partial charge >= 0.3 is 0 Å². The average molecular weight is 320 g/mol. The summed E-state index contributed by atoms with van der Waals surface area (Å²) in [5.41, 5.74) is 0.266. The van der Waals surface area contributed by atoms with Crippen LogP contribution < -0.4 is 0 Å². The summed E-state index contributed by atoms with van der Waals surface area (Å²) < 4.78 is 0. The molecule has 1 rings (SSSR count). The first-order valence-corrected chi connectivity index (χ1v) is 6.97. The molecule has 2 atom stereocenters. The second-order valence-electron chi connectivity index (χ2n) is 4.33. The van der Waals surface area contributed by atoms with Crippen molar-refractivity contribution >= 4 is 31.9 Å². The molecular weight excluding hydrogens is 304 g/mol. The fourth-order valence-electron chi connectivity index (χ4n) is 1.22. The third-order valence-corrected chi connectivity index (χ3v) is 4.90. The largest absolute Gasteiger partial charge is 0.0915 e. The first kappa shape index (κ1) is 12.3. The summed E-state index contributed by atoms with van der Waals surface area (Å²) in [5.74, 6) is 0. The maximum Gasteiger partial charge on any atom is 0.0155 e. The van der Waals surface area contributed by atoms with Crippen molar-refractivity contribution < 1.29 is 0 Å². The van der Waals surface area contributed by atoms with Crippen molar-refractivity contribution in [1.82, 2.24) is 0 Å². The van der Waals surface area contributed by atoms with Gasteiger partial charge in [-0.05, 0) is 0 Å². The number of halogens is 2. The molecule has 0 aromatic rings. The molecule has 2 heteroatoms. The van der Waals surface area contributed by atoms with Gasteiger partial charge in [0.05, 0.1) is 0 Å². The van der Waals surface area contributed by atoms with E-state index in [0.29, 0.717) is 0 Å². The van der Waals surface area contributed by atoms with Gasteiger partial charge in [-0.25, -0.2) is 0 Å². The minimum Gasteiger partial charge on any atom is -0.0915 e. The molecule has 0 aromatic carbocycles. The molecule has 1 aliphatic rings. The fourth-order valence-corrected chi connectivity index (χ4v) is 1.97. The van der Waals surface area contributed by atoms with E-state index in [0.717, 1.165) is 10.7 Å². The Labute approximate surface area is 103 Å². The van der Waals surface area contributed by atoms with Gasteiger partial charge < -0.3 is 0 Å². The average Bonchev–Trinajstić information content (AvgIpc) is 2.20. The van der Waals surface area contributed by atoms with Crippen molar-refractivity contribution in [2.75, 3.05) is 10.7 Å². The van der Waals surface area contributed by atoms with Crippen LogP contribution in [-0.4, -0.2) is 10.7 Å². The Morgan fingerprint density at radius 2 is 1.14 bits per heavy atom. The molecule has 0 aliphatic heterocycles. The Balaban J connectivity index is 3.00. The van der Waals surface area contributed by atoms with E-state index in [1.807, 2.05) is 0 Å². The molecule has 0 amide bonds. The maximum absolute atomic E-state index is 3.55. The minimum atomic E-state index is 0.133. The normalized spacial score (nSPS) is 43.7. The molecular formula is C12H16Br2. The zero-order chi connectivity index (χ0) is 10.7. The number of rotatable bonds is 2. The second-order valence-corrected chi connectivity index (χ2v) is 5.45. The first-order chi connectivity index (χ1) is 6.54. The molecule has 0 fully saturated rings. The number of alkyl halides is 2. The highest BCUT2D eigenvalue weighted by Gasteiger charge is 2.21. The lowest BCUT2D eigenvalue weighted by atomic mass is 9.84. The summed E-state index contributed by atoms with van der Waals surface area (Å²) in [6, 6.07) is 0. The molecule has 1 aliphatic carbocycles. The molecule has 0 saturated heterocycles. The van der Waals surface area contributed by atoms with Crippen molar-refractivity contribution in [3.63, 3.8) is 0 Å². The van der Waals surface area contributed by atoms with E-state index in [1.165, 1.54) is 0 Å². The van der Waals surface area contributed by atoms with Crippen LogP contribution in [0.5, 0.6) is 0 Å². The van der Waals surface area contributed by atoms with Gasteiger partial charge in [-0.3, -0.25) is 0 Å². The van der Waals surface area contributed by atoms with E-state index in [1.54, 1.807) is 0 Å². The Kier molecular flexibility index (Phi) is 4.20. The van der Waals surface area contributed by atoms with Crippen molar-refractivity contribution in [1.29, 1.82) is 0 Å². The van der Waals surface area contributed by atoms with Gasteiger partial charge in [0.1, 0.15) is 0 Å². The molecule has 0 nitrogen and oxygen atoms in total. The van der Waals surface area contributed by atoms with Gasteiger partial charge in [-0.2, -0.15) is 0 Å². The van der Waals surface area contributed by atoms with E-state index in [4.69, 9.17) is 0 Å². The summed E-state index contributed by atoms with van der Waals surface area (Å²) >= 11 is 7.10. The zero-order valence-corrected chi connectivity index (χ0v) is 11.8. The smallest absolute Gasteiger partial charge is 0.0155 e. The van der Waals surface area contributed by atoms with Crippen LogP contribution in [0.2, 0.25) is 0 Å². The monoisotopic (exact) mass is 318 g/mol. The van der Waals surface area contributed by atoms with Crippen LogP contribution in [0.15, 0.2) is 36.5 Å². The van der Waals surface area contributed by atoms with Crippen LogP contribution in [0.4, 0.5) is 0 Å². The van der Waals surface area contributed by atoms with Gasteiger partial charge in [0.2, 0.25) is 0 Å². The summed E-state index contributed by atoms with van der Waals surface area (Å²) in [5, 5.41) is 1.92. The summed E-state index contributed by atoms with van der Waals surface area (Å²) in [4.78, 5) is 0. The lowest BCUT2D eigenvalue weighted by Crippen LogP contribution is -2.17. The molecule has 0 radical (unpaired) electrons. The number of hydrogen-bond acceptors (Lipinski definition) is 0. The summed E-state index contributed by atoms with van der Waals surface area (Å²) in [7, 11) is 0. The fraction of sp³-hybridized carbons (Fsp3) is 0.500. The van der Waals surface area contributed by atoms with Crippen LogP contribution in [0.3, 0.4) is 0 Å². The van der Waals surface area contributed by atoms with Crippen molar-refractivity contribution in [3.8, 4) is 0 Å². The topological polar surface area (TPSA) is 0 Å². The van der Waals surface area contributed by atoms with E-state index in [9.17, 15) is 0 Å². The van der Waals surface area contributed by atoms with Crippen LogP contribution >= 0.6 is 31.9 Å². The van der Waals surface area contributed by atoms with Gasteiger partial charge in [-0.15, -0.1) is 0 Å². The van der Waals surface area contributed by atoms with E-state index in [-0.39, 0.29) is 10.8 Å². The molecule has 78 valence electrons. The van der Waals surface area contributed by atoms with E-state index < -0.39 is 0 Å². The predicted molar refractivity (Wildman–Crippen MR) is 71.2 cm³/mol. The second kappa shape index (κ2) is 4.80. The quantitative estimate of drug-likeness (QED) is 0.520. The Bertz CT molecular complexity index is 250. The lowest BCUT2D eigenvalue weighted by molar-refractivity contribution is 0.593. The lowest BCUT2D eigenvalue weighted by Gasteiger charge is -2.25. The van der Waals surface area contributed by atoms with Crippen molar-refractivity contribution in [2.24, 2.45) is 10.8 Å². The van der Waals surface area contributed by atoms with Crippen LogP contribution in [-0.2, 0) is 0 Å². The molecule has 0 N–H and O–H groups in total. The summed E-state index contributed by atoms with van der Waals surface area (Å²) in [6.07, 6.45) is 13.3. The first-order valence-electron chi connectivity index (χ1n) is 4.73. The van der Waals surface area contributed by atoms with Gasteiger partial charge in [0.25, 0.3) is 0 Å². The van der Waals surface area contributed by atoms with Gasteiger partial charge in [0, 0.05) is 21.5 Å². The molecule has 2 unspecified atom stereocenters. The minimum absolute atomic E-state index is 0.133. The van der Waals surface area contributed by atoms with E-state index >= 15 is 0 Å². The van der Waals surface area contributed by atoms with Gasteiger partial charge in [0.15, 0.2) is 0 Å². The van der Waals surface area contributed by atoms with Crippen molar-refractivity contribution in [2.45, 2.75) is 13.8 Å². The maximum atomic E-state index is 3.55. The molecule has 14 heavy (non-hydrogen) atoms. The van der Waals surface area contributed by atoms with Gasteiger partial charge in [-0.1, -0.05) is 82.2 Å². The zero-order valence-electron chi connectivity index (χ0n) is 8.63.